The minimum atomic E-state index is -3.73. The Morgan fingerprint density at radius 3 is 2.45 bits per heavy atom. The molecule has 1 N–H and O–H groups in total. The number of hydrogen-bond donors (Lipinski definition) is 1. The second kappa shape index (κ2) is 6.33. The molecule has 22 heavy (non-hydrogen) atoms. The Bertz CT molecular complexity index is 823. The Kier molecular flexibility index (Phi) is 4.68. The number of aromatic nitrogens is 1. The summed E-state index contributed by atoms with van der Waals surface area (Å²) in [5.74, 6) is 0.180. The van der Waals surface area contributed by atoms with Gasteiger partial charge in [-0.3, -0.25) is 4.79 Å². The highest BCUT2D eigenvalue weighted by atomic mass is 35.7. The topological polar surface area (TPSA) is 89.3 Å². The molecule has 1 amide bonds. The molecule has 0 aliphatic heterocycles. The van der Waals surface area contributed by atoms with E-state index < -0.39 is 9.05 Å². The Morgan fingerprint density at radius 1 is 1.27 bits per heavy atom. The van der Waals surface area contributed by atoms with Gasteiger partial charge in [-0.15, -0.1) is 0 Å². The first-order chi connectivity index (χ1) is 10.3. The first-order valence-electron chi connectivity index (χ1n) is 6.24. The van der Waals surface area contributed by atoms with Crippen LogP contribution in [-0.2, 0) is 13.8 Å². The van der Waals surface area contributed by atoms with Gasteiger partial charge in [0.15, 0.2) is 5.76 Å². The third kappa shape index (κ3) is 3.96. The summed E-state index contributed by atoms with van der Waals surface area (Å²) in [5, 5.41) is 6.43. The largest absolute Gasteiger partial charge is 0.354 e. The zero-order chi connectivity index (χ0) is 16.3. The third-order valence-corrected chi connectivity index (χ3v) is 4.15. The van der Waals surface area contributed by atoms with Crippen molar-refractivity contribution in [2.45, 2.75) is 18.7 Å². The van der Waals surface area contributed by atoms with Crippen molar-refractivity contribution in [3.8, 4) is 0 Å². The normalized spacial score (nSPS) is 11.8. The van der Waals surface area contributed by atoms with Gasteiger partial charge in [0, 0.05) is 17.6 Å². The molecule has 0 unspecified atom stereocenters. The molecule has 0 aliphatic carbocycles. The number of nitrogens with one attached hydrogen (secondary N) is 1. The van der Waals surface area contributed by atoms with Gasteiger partial charge in [-0.2, -0.15) is 0 Å². The van der Waals surface area contributed by atoms with Crippen LogP contribution in [0.5, 0.6) is 0 Å². The molecule has 2 rings (SSSR count). The first-order valence-corrected chi connectivity index (χ1v) is 8.55. The van der Waals surface area contributed by atoms with E-state index in [0.717, 1.165) is 5.56 Å². The van der Waals surface area contributed by atoms with Crippen molar-refractivity contribution < 1.29 is 17.7 Å². The summed E-state index contributed by atoms with van der Waals surface area (Å²) in [6, 6.07) is 6.02. The summed E-state index contributed by atoms with van der Waals surface area (Å²) >= 11 is 0. The van der Waals surface area contributed by atoms with Gasteiger partial charge in [0.25, 0.3) is 9.05 Å². The van der Waals surface area contributed by atoms with Gasteiger partial charge in [0.05, 0.1) is 4.90 Å². The first kappa shape index (κ1) is 16.3. The average molecular weight is 341 g/mol. The van der Waals surface area contributed by atoms with Crippen LogP contribution in [0, 0.1) is 6.92 Å². The van der Waals surface area contributed by atoms with E-state index in [1.54, 1.807) is 31.2 Å². The van der Waals surface area contributed by atoms with Crippen LogP contribution in [0.2, 0.25) is 0 Å². The third-order valence-electron chi connectivity index (χ3n) is 2.78. The molecule has 1 heterocycles. The number of aryl methyl sites for hydroxylation is 1. The van der Waals surface area contributed by atoms with E-state index in [2.05, 4.69) is 10.5 Å². The fourth-order valence-electron chi connectivity index (χ4n) is 1.74. The van der Waals surface area contributed by atoms with E-state index in [1.807, 2.05) is 0 Å². The lowest BCUT2D eigenvalue weighted by molar-refractivity contribution is -0.114. The number of carbonyl (C=O) groups is 1. The molecule has 2 aromatic rings. The highest BCUT2D eigenvalue weighted by molar-refractivity contribution is 8.13. The highest BCUT2D eigenvalue weighted by Gasteiger charge is 2.12. The number of anilines is 1. The molecular formula is C14H13ClN2O4S. The van der Waals surface area contributed by atoms with Gasteiger partial charge < -0.3 is 9.84 Å². The van der Waals surface area contributed by atoms with E-state index in [9.17, 15) is 13.2 Å². The van der Waals surface area contributed by atoms with Crippen molar-refractivity contribution in [2.75, 3.05) is 5.32 Å². The monoisotopic (exact) mass is 340 g/mol. The molecule has 1 aromatic carbocycles. The lowest BCUT2D eigenvalue weighted by atomic mass is 10.2. The van der Waals surface area contributed by atoms with Gasteiger partial charge in [-0.05, 0) is 30.7 Å². The number of benzene rings is 1. The molecule has 8 heteroatoms. The average Bonchev–Trinajstić information content (AvgIpc) is 2.76. The van der Waals surface area contributed by atoms with Crippen LogP contribution in [0.1, 0.15) is 23.9 Å². The lowest BCUT2D eigenvalue weighted by Crippen LogP contribution is -2.06. The Labute approximate surface area is 132 Å². The number of amides is 1. The summed E-state index contributed by atoms with van der Waals surface area (Å²) in [6.45, 7) is 3.11. The molecule has 116 valence electrons. The van der Waals surface area contributed by atoms with Crippen LogP contribution >= 0.6 is 10.7 Å². The lowest BCUT2D eigenvalue weighted by Gasteiger charge is -1.99. The van der Waals surface area contributed by atoms with Crippen LogP contribution in [-0.4, -0.2) is 19.5 Å². The Hall–Kier alpha value is -2.12. The molecule has 1 aromatic heterocycles. The van der Waals surface area contributed by atoms with E-state index in [-0.39, 0.29) is 10.8 Å². The van der Waals surface area contributed by atoms with Gasteiger partial charge in [0.1, 0.15) is 11.4 Å². The predicted molar refractivity (Wildman–Crippen MR) is 84.0 cm³/mol. The van der Waals surface area contributed by atoms with E-state index in [0.29, 0.717) is 17.1 Å². The molecule has 0 saturated carbocycles. The predicted octanol–water partition coefficient (Wildman–Crippen LogP) is 3.04. The molecule has 0 saturated heterocycles. The number of carbonyl (C=O) groups excluding carboxylic acids is 1. The summed E-state index contributed by atoms with van der Waals surface area (Å²) in [7, 11) is 1.52. The van der Waals surface area contributed by atoms with Gasteiger partial charge >= 0.3 is 0 Å². The molecule has 0 fully saturated rings. The minimum absolute atomic E-state index is 0.0285. The molecule has 0 aliphatic rings. The van der Waals surface area contributed by atoms with E-state index in [1.165, 1.54) is 19.1 Å². The summed E-state index contributed by atoms with van der Waals surface area (Å²) in [4.78, 5) is 11.2. The van der Waals surface area contributed by atoms with Crippen LogP contribution in [0.3, 0.4) is 0 Å². The molecule has 0 radical (unpaired) electrons. The second-order valence-corrected chi connectivity index (χ2v) is 7.09. The summed E-state index contributed by atoms with van der Waals surface area (Å²) < 4.78 is 27.4. The quantitative estimate of drug-likeness (QED) is 0.864. The summed E-state index contributed by atoms with van der Waals surface area (Å²) in [6.07, 6.45) is 3.34. The number of nitrogens with zero attached hydrogens (tertiary/aromatic N) is 1. The Balaban J connectivity index is 2.24. The van der Waals surface area contributed by atoms with E-state index in [4.69, 9.17) is 15.2 Å². The van der Waals surface area contributed by atoms with Gasteiger partial charge in [-0.25, -0.2) is 8.42 Å². The van der Waals surface area contributed by atoms with Crippen LogP contribution in [0.25, 0.3) is 12.2 Å². The SMILES string of the molecule is CC(=O)Nc1c(C)noc1/C=C/c1ccc(S(=O)(=O)Cl)cc1. The van der Waals surface area contributed by atoms with E-state index >= 15 is 0 Å². The second-order valence-electron chi connectivity index (χ2n) is 4.53. The van der Waals surface area contributed by atoms with Gasteiger partial charge in [0.2, 0.25) is 5.91 Å². The zero-order valence-corrected chi connectivity index (χ0v) is 13.4. The van der Waals surface area contributed by atoms with Crippen molar-refractivity contribution in [3.05, 3.63) is 41.3 Å². The number of rotatable bonds is 4. The number of halogens is 1. The van der Waals surface area contributed by atoms with Crippen molar-refractivity contribution in [1.82, 2.24) is 5.16 Å². The standard InChI is InChI=1S/C14H13ClN2O4S/c1-9-14(16-10(2)18)13(21-17-9)8-5-11-3-6-12(7-4-11)22(15,19)20/h3-8H,1-2H3,(H,16,18)/b8-5+. The van der Waals surface area contributed by atoms with Gasteiger partial charge in [-0.1, -0.05) is 23.4 Å². The molecule has 0 bridgehead atoms. The fourth-order valence-corrected chi connectivity index (χ4v) is 2.51. The highest BCUT2D eigenvalue weighted by Crippen LogP contribution is 2.23. The number of hydrogen-bond acceptors (Lipinski definition) is 5. The Morgan fingerprint density at radius 2 is 1.91 bits per heavy atom. The van der Waals surface area contributed by atoms with Crippen molar-refractivity contribution in [1.29, 1.82) is 0 Å². The maximum absolute atomic E-state index is 11.2. The fraction of sp³-hybridized carbons (Fsp3) is 0.143. The maximum Gasteiger partial charge on any atom is 0.261 e. The molecule has 6 nitrogen and oxygen atoms in total. The maximum atomic E-state index is 11.2. The van der Waals surface area contributed by atoms with Crippen LogP contribution in [0.15, 0.2) is 33.7 Å². The molecule has 0 atom stereocenters. The molecule has 0 spiro atoms. The van der Waals surface area contributed by atoms with Crippen LogP contribution in [0.4, 0.5) is 5.69 Å². The van der Waals surface area contributed by atoms with Crippen molar-refractivity contribution in [2.24, 2.45) is 0 Å². The van der Waals surface area contributed by atoms with Crippen LogP contribution < -0.4 is 5.32 Å². The smallest absolute Gasteiger partial charge is 0.261 e. The summed E-state index contributed by atoms with van der Waals surface area (Å²) in [5.41, 5.74) is 1.81. The molecular weight excluding hydrogens is 328 g/mol. The zero-order valence-electron chi connectivity index (χ0n) is 11.8. The minimum Gasteiger partial charge on any atom is -0.354 e. The van der Waals surface area contributed by atoms with Crippen molar-refractivity contribution >= 4 is 43.5 Å². The van der Waals surface area contributed by atoms with Crippen molar-refractivity contribution in [3.63, 3.8) is 0 Å².